The van der Waals surface area contributed by atoms with Gasteiger partial charge in [0.2, 0.25) is 0 Å². The van der Waals surface area contributed by atoms with Gasteiger partial charge in [-0.3, -0.25) is 9.69 Å². The second-order valence-corrected chi connectivity index (χ2v) is 9.14. The maximum atomic E-state index is 12.7. The Bertz CT molecular complexity index is 859. The van der Waals surface area contributed by atoms with Crippen LogP contribution in [0, 0.1) is 11.8 Å². The summed E-state index contributed by atoms with van der Waals surface area (Å²) in [5.41, 5.74) is 1.73. The molecule has 1 aromatic carbocycles. The predicted octanol–water partition coefficient (Wildman–Crippen LogP) is 1.72. The van der Waals surface area contributed by atoms with Crippen molar-refractivity contribution in [3.05, 3.63) is 23.8 Å². The SMILES string of the molecule is COc1ccc2c(c1)N(C)[C@H]1[C@@H]3C[C@@H]4[C@H](C(=O)O)[C@]21CCN3C[C@]41O[C@H]1C. The summed E-state index contributed by atoms with van der Waals surface area (Å²) in [6.45, 7) is 3.94. The first-order chi connectivity index (χ1) is 12.9. The Labute approximate surface area is 159 Å². The molecule has 6 nitrogen and oxygen atoms in total. The van der Waals surface area contributed by atoms with Crippen LogP contribution in [0.5, 0.6) is 5.75 Å². The minimum absolute atomic E-state index is 0.0873. The van der Waals surface area contributed by atoms with Gasteiger partial charge in [-0.05, 0) is 37.9 Å². The summed E-state index contributed by atoms with van der Waals surface area (Å²) in [6.07, 6.45) is 1.98. The molecule has 7 atom stereocenters. The molecule has 4 aliphatic heterocycles. The highest BCUT2D eigenvalue weighted by Gasteiger charge is 2.76. The summed E-state index contributed by atoms with van der Waals surface area (Å²) in [5, 5.41) is 10.5. The van der Waals surface area contributed by atoms with Gasteiger partial charge in [0.15, 0.2) is 0 Å². The van der Waals surface area contributed by atoms with Crippen LogP contribution in [0.25, 0.3) is 0 Å². The Hall–Kier alpha value is -1.79. The number of carboxylic acid groups (broad SMARTS) is 1. The molecule has 27 heavy (non-hydrogen) atoms. The Morgan fingerprint density at radius 3 is 2.85 bits per heavy atom. The molecular formula is C21H26N2O4. The molecule has 1 aliphatic carbocycles. The van der Waals surface area contributed by atoms with Crippen molar-refractivity contribution in [1.29, 1.82) is 0 Å². The molecule has 1 N–H and O–H groups in total. The first-order valence-electron chi connectivity index (χ1n) is 10.00. The maximum Gasteiger partial charge on any atom is 0.307 e. The highest BCUT2D eigenvalue weighted by molar-refractivity contribution is 5.79. The van der Waals surface area contributed by atoms with Gasteiger partial charge in [-0.15, -0.1) is 0 Å². The summed E-state index contributed by atoms with van der Waals surface area (Å²) in [5.74, 6) is -0.138. The van der Waals surface area contributed by atoms with E-state index in [1.165, 1.54) is 5.56 Å². The van der Waals surface area contributed by atoms with E-state index in [1.807, 2.05) is 6.07 Å². The number of aliphatic carboxylic acids is 1. The molecule has 6 rings (SSSR count). The monoisotopic (exact) mass is 370 g/mol. The van der Waals surface area contributed by atoms with Crippen molar-refractivity contribution < 1.29 is 19.4 Å². The number of anilines is 1. The molecule has 1 spiro atoms. The molecule has 5 aliphatic rings. The molecule has 3 bridgehead atoms. The minimum Gasteiger partial charge on any atom is -0.497 e. The normalized spacial score (nSPS) is 46.3. The number of nitrogens with zero attached hydrogens (tertiary/aromatic N) is 2. The molecule has 144 valence electrons. The predicted molar refractivity (Wildman–Crippen MR) is 99.4 cm³/mol. The lowest BCUT2D eigenvalue weighted by Crippen LogP contribution is -2.76. The van der Waals surface area contributed by atoms with E-state index >= 15 is 0 Å². The van der Waals surface area contributed by atoms with Crippen LogP contribution in [0.2, 0.25) is 0 Å². The van der Waals surface area contributed by atoms with Gasteiger partial charge in [0.1, 0.15) is 11.4 Å². The van der Waals surface area contributed by atoms with E-state index in [9.17, 15) is 9.90 Å². The zero-order valence-electron chi connectivity index (χ0n) is 16.0. The number of rotatable bonds is 2. The lowest BCUT2D eigenvalue weighted by atomic mass is 9.48. The number of ether oxygens (including phenoxy) is 2. The fourth-order valence-electron chi connectivity index (χ4n) is 7.45. The van der Waals surface area contributed by atoms with Crippen molar-refractivity contribution in [1.82, 2.24) is 4.90 Å². The molecule has 6 heteroatoms. The fraction of sp³-hybridized carbons (Fsp3) is 0.667. The number of hydrogen-bond acceptors (Lipinski definition) is 5. The van der Waals surface area contributed by atoms with E-state index in [0.29, 0.717) is 6.04 Å². The van der Waals surface area contributed by atoms with Crippen LogP contribution in [-0.2, 0) is 14.9 Å². The third-order valence-electron chi connectivity index (χ3n) is 8.50. The number of hydrogen-bond donors (Lipinski definition) is 1. The zero-order chi connectivity index (χ0) is 18.7. The topological polar surface area (TPSA) is 65.5 Å². The first kappa shape index (κ1) is 16.2. The number of carboxylic acids is 1. The van der Waals surface area contributed by atoms with Crippen molar-refractivity contribution >= 4 is 11.7 Å². The van der Waals surface area contributed by atoms with Gasteiger partial charge < -0.3 is 19.5 Å². The summed E-state index contributed by atoms with van der Waals surface area (Å²) >= 11 is 0. The first-order valence-corrected chi connectivity index (χ1v) is 10.00. The molecule has 0 amide bonds. The van der Waals surface area contributed by atoms with Gasteiger partial charge >= 0.3 is 5.97 Å². The molecule has 1 aromatic rings. The highest BCUT2D eigenvalue weighted by Crippen LogP contribution is 2.67. The molecular weight excluding hydrogens is 344 g/mol. The number of methoxy groups -OCH3 is 1. The summed E-state index contributed by atoms with van der Waals surface area (Å²) < 4.78 is 11.6. The Morgan fingerprint density at radius 2 is 2.19 bits per heavy atom. The molecule has 0 radical (unpaired) electrons. The van der Waals surface area contributed by atoms with Crippen molar-refractivity contribution in [3.8, 4) is 5.75 Å². The second kappa shape index (κ2) is 4.78. The van der Waals surface area contributed by atoms with E-state index in [2.05, 4.69) is 35.9 Å². The van der Waals surface area contributed by atoms with Gasteiger partial charge in [-0.25, -0.2) is 0 Å². The van der Waals surface area contributed by atoms with Gasteiger partial charge in [0.05, 0.1) is 25.2 Å². The van der Waals surface area contributed by atoms with E-state index in [4.69, 9.17) is 9.47 Å². The Balaban J connectivity index is 1.60. The third kappa shape index (κ3) is 1.64. The van der Waals surface area contributed by atoms with Crippen molar-refractivity contribution in [2.45, 2.75) is 49.0 Å². The van der Waals surface area contributed by atoms with Crippen LogP contribution in [-0.4, -0.2) is 67.0 Å². The average Bonchev–Trinajstić information content (AvgIpc) is 3.21. The quantitative estimate of drug-likeness (QED) is 0.800. The van der Waals surface area contributed by atoms with Crippen LogP contribution >= 0.6 is 0 Å². The lowest BCUT2D eigenvalue weighted by Gasteiger charge is -2.63. The molecule has 1 saturated carbocycles. The molecule has 4 fully saturated rings. The van der Waals surface area contributed by atoms with Gasteiger partial charge in [0.25, 0.3) is 0 Å². The number of piperidine rings is 2. The molecule has 0 aromatic heterocycles. The number of benzene rings is 1. The van der Waals surface area contributed by atoms with Crippen LogP contribution in [0.3, 0.4) is 0 Å². The van der Waals surface area contributed by atoms with E-state index in [1.54, 1.807) is 7.11 Å². The smallest absolute Gasteiger partial charge is 0.307 e. The number of carbonyl (C=O) groups is 1. The van der Waals surface area contributed by atoms with E-state index in [-0.39, 0.29) is 29.1 Å². The summed E-state index contributed by atoms with van der Waals surface area (Å²) in [4.78, 5) is 17.7. The van der Waals surface area contributed by atoms with Gasteiger partial charge in [-0.1, -0.05) is 6.07 Å². The Kier molecular flexibility index (Phi) is 2.87. The largest absolute Gasteiger partial charge is 0.497 e. The molecule has 0 unspecified atom stereocenters. The van der Waals surface area contributed by atoms with Crippen molar-refractivity contribution in [2.75, 3.05) is 32.1 Å². The summed E-state index contributed by atoms with van der Waals surface area (Å²) in [7, 11) is 3.82. The Morgan fingerprint density at radius 1 is 1.41 bits per heavy atom. The van der Waals surface area contributed by atoms with Gasteiger partial charge in [-0.2, -0.15) is 0 Å². The fourth-order valence-corrected chi connectivity index (χ4v) is 7.45. The van der Waals surface area contributed by atoms with E-state index in [0.717, 1.165) is 37.4 Å². The molecule has 4 heterocycles. The molecule has 3 saturated heterocycles. The number of likely N-dealkylation sites (N-methyl/N-ethyl adjacent to an activating group) is 1. The van der Waals surface area contributed by atoms with Crippen molar-refractivity contribution in [3.63, 3.8) is 0 Å². The minimum atomic E-state index is -0.655. The zero-order valence-corrected chi connectivity index (χ0v) is 16.0. The highest BCUT2D eigenvalue weighted by atomic mass is 16.6. The second-order valence-electron chi connectivity index (χ2n) is 9.14. The lowest BCUT2D eigenvalue weighted by molar-refractivity contribution is -0.165. The van der Waals surface area contributed by atoms with Gasteiger partial charge in [0, 0.05) is 42.7 Å². The summed E-state index contributed by atoms with van der Waals surface area (Å²) in [6, 6.07) is 6.80. The van der Waals surface area contributed by atoms with Crippen LogP contribution in [0.4, 0.5) is 5.69 Å². The number of epoxide rings is 1. The standard InChI is InChI=1S/C21H26N2O4/c1-11-21(27-11)10-23-7-6-20-13-5-4-12(26-3)8-15(13)22(2)18(20)16(23)9-14(21)17(20)19(24)25/h4-5,8,11,14,16-18H,6-7,9-10H2,1-3H3,(H,24,25)/t11-,14+,16-,17+,18-,20-,21+/m0/s1. The van der Waals surface area contributed by atoms with Crippen LogP contribution < -0.4 is 9.64 Å². The third-order valence-corrected chi connectivity index (χ3v) is 8.50. The van der Waals surface area contributed by atoms with Crippen molar-refractivity contribution in [2.24, 2.45) is 11.8 Å². The van der Waals surface area contributed by atoms with Crippen LogP contribution in [0.15, 0.2) is 18.2 Å². The maximum absolute atomic E-state index is 12.7. The van der Waals surface area contributed by atoms with Crippen LogP contribution in [0.1, 0.15) is 25.3 Å². The van der Waals surface area contributed by atoms with E-state index < -0.39 is 11.9 Å². The average molecular weight is 370 g/mol. The number of fused-ring (bicyclic) bond motifs is 3.